The second-order valence-corrected chi connectivity index (χ2v) is 7.30. The lowest BCUT2D eigenvalue weighted by molar-refractivity contribution is -0.123. The van der Waals surface area contributed by atoms with E-state index in [9.17, 15) is 9.90 Å². The number of thiophene rings is 1. The molecule has 19 heavy (non-hydrogen) atoms. The van der Waals surface area contributed by atoms with E-state index >= 15 is 0 Å². The Bertz CT molecular complexity index is 394. The van der Waals surface area contributed by atoms with Gasteiger partial charge in [-0.05, 0) is 53.7 Å². The Balaban J connectivity index is 2.35. The predicted octanol–water partition coefficient (Wildman–Crippen LogP) is 3.50. The molecule has 0 bridgehead atoms. The molecule has 0 aliphatic carbocycles. The molecule has 0 atom stereocenters. The van der Waals surface area contributed by atoms with Crippen LogP contribution in [0.1, 0.15) is 44.4 Å². The Morgan fingerprint density at radius 2 is 2.11 bits per heavy atom. The summed E-state index contributed by atoms with van der Waals surface area (Å²) in [5.74, 6) is 0.0355. The third-order valence-electron chi connectivity index (χ3n) is 3.52. The van der Waals surface area contributed by atoms with Gasteiger partial charge in [0, 0.05) is 11.3 Å². The molecule has 0 aliphatic heterocycles. The standard InChI is InChI=1S/C14H22BrNO2S/c1-3-14(4-2,10-17)16-13(18)7-5-6-11-8-9-12(15)19-11/h8-9,17H,3-7,10H2,1-2H3,(H,16,18). The van der Waals surface area contributed by atoms with E-state index in [0.717, 1.165) is 29.5 Å². The number of hydrogen-bond acceptors (Lipinski definition) is 3. The minimum Gasteiger partial charge on any atom is -0.394 e. The zero-order valence-electron chi connectivity index (χ0n) is 11.5. The van der Waals surface area contributed by atoms with E-state index in [0.29, 0.717) is 6.42 Å². The maximum absolute atomic E-state index is 11.9. The molecule has 1 aromatic heterocycles. The number of carbonyl (C=O) groups is 1. The van der Waals surface area contributed by atoms with Gasteiger partial charge in [-0.2, -0.15) is 0 Å². The summed E-state index contributed by atoms with van der Waals surface area (Å²) in [7, 11) is 0. The molecule has 0 spiro atoms. The summed E-state index contributed by atoms with van der Waals surface area (Å²) in [4.78, 5) is 13.2. The largest absolute Gasteiger partial charge is 0.394 e. The van der Waals surface area contributed by atoms with Crippen molar-refractivity contribution >= 4 is 33.2 Å². The highest BCUT2D eigenvalue weighted by Gasteiger charge is 2.26. The topological polar surface area (TPSA) is 49.3 Å². The summed E-state index contributed by atoms with van der Waals surface area (Å²) in [6.07, 6.45) is 3.78. The van der Waals surface area contributed by atoms with Gasteiger partial charge in [0.15, 0.2) is 0 Å². The molecule has 1 rings (SSSR count). The number of halogens is 1. The molecule has 0 saturated carbocycles. The molecular formula is C14H22BrNO2S. The van der Waals surface area contributed by atoms with Crippen LogP contribution >= 0.6 is 27.3 Å². The van der Waals surface area contributed by atoms with Gasteiger partial charge in [0.2, 0.25) is 5.91 Å². The fraction of sp³-hybridized carbons (Fsp3) is 0.643. The Labute approximate surface area is 127 Å². The first-order chi connectivity index (χ1) is 9.05. The number of aliphatic hydroxyl groups is 1. The Hall–Kier alpha value is -0.390. The van der Waals surface area contributed by atoms with Crippen LogP contribution in [0, 0.1) is 0 Å². The SMILES string of the molecule is CCC(CC)(CO)NC(=O)CCCc1ccc(Br)s1. The van der Waals surface area contributed by atoms with Gasteiger partial charge in [-0.25, -0.2) is 0 Å². The Kier molecular flexibility index (Phi) is 7.04. The zero-order valence-corrected chi connectivity index (χ0v) is 13.9. The quantitative estimate of drug-likeness (QED) is 0.755. The third-order valence-corrected chi connectivity index (χ3v) is 5.20. The van der Waals surface area contributed by atoms with Crippen molar-refractivity contribution in [2.45, 2.75) is 51.5 Å². The Morgan fingerprint density at radius 1 is 1.42 bits per heavy atom. The van der Waals surface area contributed by atoms with E-state index < -0.39 is 5.54 Å². The molecule has 0 saturated heterocycles. The molecule has 0 fully saturated rings. The van der Waals surface area contributed by atoms with Crippen LogP contribution in [0.5, 0.6) is 0 Å². The van der Waals surface area contributed by atoms with Crippen LogP contribution in [-0.2, 0) is 11.2 Å². The normalized spacial score (nSPS) is 11.6. The molecule has 3 nitrogen and oxygen atoms in total. The fourth-order valence-corrected chi connectivity index (χ4v) is 3.48. The molecule has 0 aromatic carbocycles. The zero-order chi connectivity index (χ0) is 14.3. The molecular weight excluding hydrogens is 326 g/mol. The van der Waals surface area contributed by atoms with Crippen LogP contribution in [0.15, 0.2) is 15.9 Å². The molecule has 1 heterocycles. The van der Waals surface area contributed by atoms with Gasteiger partial charge >= 0.3 is 0 Å². The second kappa shape index (κ2) is 8.02. The van der Waals surface area contributed by atoms with E-state index in [-0.39, 0.29) is 12.5 Å². The first-order valence-electron chi connectivity index (χ1n) is 6.71. The summed E-state index contributed by atoms with van der Waals surface area (Å²) in [5.41, 5.74) is -0.441. The van der Waals surface area contributed by atoms with Gasteiger partial charge < -0.3 is 10.4 Å². The van der Waals surface area contributed by atoms with Crippen LogP contribution in [0.25, 0.3) is 0 Å². The van der Waals surface area contributed by atoms with Crippen LogP contribution in [-0.4, -0.2) is 23.2 Å². The lowest BCUT2D eigenvalue weighted by atomic mass is 9.93. The van der Waals surface area contributed by atoms with Crippen molar-refractivity contribution in [1.82, 2.24) is 5.32 Å². The number of aliphatic hydroxyl groups excluding tert-OH is 1. The average molecular weight is 348 g/mol. The van der Waals surface area contributed by atoms with Gasteiger partial charge in [0.1, 0.15) is 0 Å². The minimum absolute atomic E-state index is 0.00358. The van der Waals surface area contributed by atoms with Crippen molar-refractivity contribution in [3.8, 4) is 0 Å². The molecule has 1 aromatic rings. The number of carbonyl (C=O) groups excluding carboxylic acids is 1. The summed E-state index contributed by atoms with van der Waals surface area (Å²) >= 11 is 5.14. The highest BCUT2D eigenvalue weighted by atomic mass is 79.9. The summed E-state index contributed by atoms with van der Waals surface area (Å²) in [5, 5.41) is 12.4. The van der Waals surface area contributed by atoms with Crippen molar-refractivity contribution in [3.05, 3.63) is 20.8 Å². The van der Waals surface area contributed by atoms with Crippen molar-refractivity contribution < 1.29 is 9.90 Å². The third kappa shape index (κ3) is 5.24. The molecule has 108 valence electrons. The van der Waals surface area contributed by atoms with Crippen LogP contribution in [0.4, 0.5) is 0 Å². The van der Waals surface area contributed by atoms with Crippen molar-refractivity contribution in [2.75, 3.05) is 6.61 Å². The molecule has 2 N–H and O–H groups in total. The fourth-order valence-electron chi connectivity index (χ4n) is 1.96. The number of aryl methyl sites for hydroxylation is 1. The average Bonchev–Trinajstić information content (AvgIpc) is 2.82. The van der Waals surface area contributed by atoms with Gasteiger partial charge in [-0.3, -0.25) is 4.79 Å². The van der Waals surface area contributed by atoms with Crippen molar-refractivity contribution in [3.63, 3.8) is 0 Å². The van der Waals surface area contributed by atoms with Crippen molar-refractivity contribution in [1.29, 1.82) is 0 Å². The highest BCUT2D eigenvalue weighted by molar-refractivity contribution is 9.11. The number of hydrogen-bond donors (Lipinski definition) is 2. The highest BCUT2D eigenvalue weighted by Crippen LogP contribution is 2.23. The lowest BCUT2D eigenvalue weighted by Crippen LogP contribution is -2.50. The van der Waals surface area contributed by atoms with Gasteiger partial charge in [-0.15, -0.1) is 11.3 Å². The van der Waals surface area contributed by atoms with Gasteiger partial charge in [-0.1, -0.05) is 13.8 Å². The smallest absolute Gasteiger partial charge is 0.220 e. The molecule has 0 aliphatic rings. The summed E-state index contributed by atoms with van der Waals surface area (Å²) in [6.45, 7) is 3.98. The summed E-state index contributed by atoms with van der Waals surface area (Å²) < 4.78 is 1.13. The lowest BCUT2D eigenvalue weighted by Gasteiger charge is -2.30. The number of amides is 1. The number of nitrogens with one attached hydrogen (secondary N) is 1. The number of rotatable bonds is 8. The predicted molar refractivity (Wildman–Crippen MR) is 83.5 cm³/mol. The minimum atomic E-state index is -0.441. The van der Waals surface area contributed by atoms with E-state index in [1.165, 1.54) is 4.88 Å². The molecule has 0 radical (unpaired) electrons. The van der Waals surface area contributed by atoms with Gasteiger partial charge in [0.25, 0.3) is 0 Å². The van der Waals surface area contributed by atoms with E-state index in [1.807, 2.05) is 19.9 Å². The van der Waals surface area contributed by atoms with E-state index in [4.69, 9.17) is 0 Å². The first kappa shape index (κ1) is 16.7. The van der Waals surface area contributed by atoms with Gasteiger partial charge in [0.05, 0.1) is 15.9 Å². The Morgan fingerprint density at radius 3 is 2.58 bits per heavy atom. The van der Waals surface area contributed by atoms with Crippen LogP contribution in [0.3, 0.4) is 0 Å². The maximum Gasteiger partial charge on any atom is 0.220 e. The second-order valence-electron chi connectivity index (χ2n) is 4.75. The maximum atomic E-state index is 11.9. The molecule has 0 unspecified atom stereocenters. The van der Waals surface area contributed by atoms with Crippen LogP contribution < -0.4 is 5.32 Å². The van der Waals surface area contributed by atoms with E-state index in [2.05, 4.69) is 27.3 Å². The monoisotopic (exact) mass is 347 g/mol. The summed E-state index contributed by atoms with van der Waals surface area (Å²) in [6, 6.07) is 4.12. The van der Waals surface area contributed by atoms with E-state index in [1.54, 1.807) is 11.3 Å². The van der Waals surface area contributed by atoms with Crippen LogP contribution in [0.2, 0.25) is 0 Å². The first-order valence-corrected chi connectivity index (χ1v) is 8.32. The molecule has 1 amide bonds. The van der Waals surface area contributed by atoms with Crippen molar-refractivity contribution in [2.24, 2.45) is 0 Å². The molecule has 5 heteroatoms.